The van der Waals surface area contributed by atoms with Crippen LogP contribution in [0.5, 0.6) is 11.5 Å². The Balaban J connectivity index is 1.88. The van der Waals surface area contributed by atoms with Crippen molar-refractivity contribution in [2.24, 2.45) is 0 Å². The Hall–Kier alpha value is -3.52. The molecule has 1 aliphatic rings. The molecule has 1 atom stereocenters. The lowest BCUT2D eigenvalue weighted by molar-refractivity contribution is -0.139. The van der Waals surface area contributed by atoms with Crippen LogP contribution in [0.1, 0.15) is 17.2 Å². The lowest BCUT2D eigenvalue weighted by Crippen LogP contribution is -2.18. The number of benzene rings is 3. The van der Waals surface area contributed by atoms with E-state index in [1.807, 2.05) is 30.3 Å². The van der Waals surface area contributed by atoms with E-state index >= 15 is 0 Å². The van der Waals surface area contributed by atoms with Crippen LogP contribution in [0.15, 0.2) is 66.7 Å². The van der Waals surface area contributed by atoms with E-state index in [0.717, 1.165) is 22.9 Å². The first-order valence-corrected chi connectivity index (χ1v) is 11.0. The Bertz CT molecular complexity index is 1210. The SMILES string of the molecule is CS(=O)(=O)Nc1ccc2c(c1)C(c1ccccc1)Oc1cccc(OCC(=O)O)c1-2. The average molecular weight is 425 g/mol. The highest BCUT2D eigenvalue weighted by molar-refractivity contribution is 7.92. The summed E-state index contributed by atoms with van der Waals surface area (Å²) in [5, 5.41) is 8.99. The first-order valence-electron chi connectivity index (χ1n) is 9.13. The summed E-state index contributed by atoms with van der Waals surface area (Å²) in [6.45, 7) is -0.485. The van der Waals surface area contributed by atoms with Gasteiger partial charge in [-0.2, -0.15) is 0 Å². The minimum atomic E-state index is -3.45. The molecule has 1 heterocycles. The number of aliphatic carboxylic acids is 1. The molecule has 0 aliphatic carbocycles. The zero-order chi connectivity index (χ0) is 21.3. The van der Waals surface area contributed by atoms with Crippen molar-refractivity contribution in [3.05, 3.63) is 77.9 Å². The molecule has 0 spiro atoms. The predicted octanol–water partition coefficient (Wildman–Crippen LogP) is 3.67. The number of hydrogen-bond acceptors (Lipinski definition) is 5. The smallest absolute Gasteiger partial charge is 0.341 e. The zero-order valence-corrected chi connectivity index (χ0v) is 16.8. The van der Waals surface area contributed by atoms with E-state index in [0.29, 0.717) is 22.7 Å². The summed E-state index contributed by atoms with van der Waals surface area (Å²) in [7, 11) is -3.45. The second-order valence-electron chi connectivity index (χ2n) is 6.90. The molecular formula is C22H19NO6S. The summed E-state index contributed by atoms with van der Waals surface area (Å²) >= 11 is 0. The van der Waals surface area contributed by atoms with Gasteiger partial charge in [-0.25, -0.2) is 13.2 Å². The maximum absolute atomic E-state index is 11.7. The van der Waals surface area contributed by atoms with Crippen LogP contribution in [-0.4, -0.2) is 32.4 Å². The standard InChI is InChI=1S/C22H19NO6S/c1-30(26,27)23-15-10-11-16-17(12-15)22(14-6-3-2-4-7-14)29-19-9-5-8-18(21(16)19)28-13-20(24)25/h2-12,22-23H,13H2,1H3,(H,24,25). The third-order valence-electron chi connectivity index (χ3n) is 4.59. The van der Waals surface area contributed by atoms with Gasteiger partial charge in [0.05, 0.1) is 11.8 Å². The van der Waals surface area contributed by atoms with Gasteiger partial charge in [-0.3, -0.25) is 4.72 Å². The predicted molar refractivity (Wildman–Crippen MR) is 112 cm³/mol. The number of anilines is 1. The molecule has 7 nitrogen and oxygen atoms in total. The number of carbonyl (C=O) groups is 1. The largest absolute Gasteiger partial charge is 0.481 e. The topological polar surface area (TPSA) is 102 Å². The number of fused-ring (bicyclic) bond motifs is 3. The van der Waals surface area contributed by atoms with Gasteiger partial charge in [0.1, 0.15) is 17.6 Å². The minimum absolute atomic E-state index is 0.381. The van der Waals surface area contributed by atoms with Crippen molar-refractivity contribution in [2.75, 3.05) is 17.6 Å². The molecule has 0 aromatic heterocycles. The van der Waals surface area contributed by atoms with Crippen molar-refractivity contribution < 1.29 is 27.8 Å². The Morgan fingerprint density at radius 3 is 2.57 bits per heavy atom. The van der Waals surface area contributed by atoms with Crippen LogP contribution in [0.4, 0.5) is 5.69 Å². The molecule has 0 amide bonds. The number of hydrogen-bond donors (Lipinski definition) is 2. The molecule has 3 aromatic rings. The van der Waals surface area contributed by atoms with E-state index in [9.17, 15) is 13.2 Å². The quantitative estimate of drug-likeness (QED) is 0.625. The van der Waals surface area contributed by atoms with Gasteiger partial charge in [0.15, 0.2) is 6.61 Å². The van der Waals surface area contributed by atoms with Crippen LogP contribution in [0, 0.1) is 0 Å². The van der Waals surface area contributed by atoms with E-state index in [1.165, 1.54) is 0 Å². The molecule has 2 N–H and O–H groups in total. The molecule has 1 aliphatic heterocycles. The second kappa shape index (κ2) is 7.72. The first kappa shape index (κ1) is 19.8. The van der Waals surface area contributed by atoms with E-state index in [2.05, 4.69) is 4.72 Å². The molecule has 0 fully saturated rings. The van der Waals surface area contributed by atoms with Gasteiger partial charge in [-0.05, 0) is 35.4 Å². The minimum Gasteiger partial charge on any atom is -0.481 e. The van der Waals surface area contributed by atoms with Crippen LogP contribution in [-0.2, 0) is 14.8 Å². The Kier molecular flexibility index (Phi) is 5.09. The number of carboxylic acid groups (broad SMARTS) is 1. The summed E-state index contributed by atoms with van der Waals surface area (Å²) in [6.07, 6.45) is 0.620. The van der Waals surface area contributed by atoms with Crippen LogP contribution >= 0.6 is 0 Å². The van der Waals surface area contributed by atoms with Crippen molar-refractivity contribution in [2.45, 2.75) is 6.10 Å². The molecule has 4 rings (SSSR count). The van der Waals surface area contributed by atoms with Crippen LogP contribution in [0.25, 0.3) is 11.1 Å². The number of rotatable bonds is 6. The highest BCUT2D eigenvalue weighted by atomic mass is 32.2. The van der Waals surface area contributed by atoms with Crippen molar-refractivity contribution in [1.82, 2.24) is 0 Å². The van der Waals surface area contributed by atoms with Gasteiger partial charge in [-0.15, -0.1) is 0 Å². The molecule has 0 saturated heterocycles. The fraction of sp³-hybridized carbons (Fsp3) is 0.136. The first-order chi connectivity index (χ1) is 14.3. The molecule has 8 heteroatoms. The van der Waals surface area contributed by atoms with Crippen molar-refractivity contribution >= 4 is 21.7 Å². The number of ether oxygens (including phenoxy) is 2. The molecule has 1 unspecified atom stereocenters. The van der Waals surface area contributed by atoms with Crippen LogP contribution in [0.2, 0.25) is 0 Å². The highest BCUT2D eigenvalue weighted by Gasteiger charge is 2.30. The number of nitrogens with one attached hydrogen (secondary N) is 1. The average Bonchev–Trinajstić information content (AvgIpc) is 2.70. The monoisotopic (exact) mass is 425 g/mol. The molecular weight excluding hydrogens is 406 g/mol. The van der Waals surface area contributed by atoms with Crippen molar-refractivity contribution in [3.8, 4) is 22.6 Å². The third-order valence-corrected chi connectivity index (χ3v) is 5.20. The van der Waals surface area contributed by atoms with Gasteiger partial charge < -0.3 is 14.6 Å². The summed E-state index contributed by atoms with van der Waals surface area (Å²) in [5.74, 6) is -0.144. The molecule has 0 saturated carbocycles. The second-order valence-corrected chi connectivity index (χ2v) is 8.64. The normalized spacial score (nSPS) is 14.8. The fourth-order valence-corrected chi connectivity index (χ4v) is 4.04. The molecule has 0 bridgehead atoms. The van der Waals surface area contributed by atoms with Crippen LogP contribution in [0.3, 0.4) is 0 Å². The van der Waals surface area contributed by atoms with Gasteiger partial charge in [-0.1, -0.05) is 42.5 Å². The number of sulfonamides is 1. The van der Waals surface area contributed by atoms with E-state index < -0.39 is 28.7 Å². The van der Waals surface area contributed by atoms with Gasteiger partial charge in [0.25, 0.3) is 0 Å². The molecule has 30 heavy (non-hydrogen) atoms. The van der Waals surface area contributed by atoms with Crippen molar-refractivity contribution in [3.63, 3.8) is 0 Å². The van der Waals surface area contributed by atoms with E-state index in [-0.39, 0.29) is 0 Å². The summed E-state index contributed by atoms with van der Waals surface area (Å²) in [6, 6.07) is 20.0. The molecule has 154 valence electrons. The molecule has 3 aromatic carbocycles. The lowest BCUT2D eigenvalue weighted by atomic mass is 9.89. The third kappa shape index (κ3) is 4.08. The van der Waals surface area contributed by atoms with Crippen molar-refractivity contribution in [1.29, 1.82) is 0 Å². The van der Waals surface area contributed by atoms with Crippen LogP contribution < -0.4 is 14.2 Å². The van der Waals surface area contributed by atoms with E-state index in [4.69, 9.17) is 14.6 Å². The van der Waals surface area contributed by atoms with Gasteiger partial charge in [0.2, 0.25) is 10.0 Å². The Morgan fingerprint density at radius 2 is 1.87 bits per heavy atom. The van der Waals surface area contributed by atoms with Gasteiger partial charge >= 0.3 is 5.97 Å². The zero-order valence-electron chi connectivity index (χ0n) is 16.0. The highest BCUT2D eigenvalue weighted by Crippen LogP contribution is 2.49. The van der Waals surface area contributed by atoms with E-state index in [1.54, 1.807) is 36.4 Å². The summed E-state index contributed by atoms with van der Waals surface area (Å²) in [5.41, 5.74) is 3.47. The Morgan fingerprint density at radius 1 is 1.10 bits per heavy atom. The number of carboxylic acids is 1. The summed E-state index contributed by atoms with van der Waals surface area (Å²) < 4.78 is 37.7. The fourth-order valence-electron chi connectivity index (χ4n) is 3.49. The summed E-state index contributed by atoms with van der Waals surface area (Å²) in [4.78, 5) is 11.0. The maximum atomic E-state index is 11.7. The van der Waals surface area contributed by atoms with Gasteiger partial charge in [0, 0.05) is 11.3 Å². The molecule has 0 radical (unpaired) electrons. The maximum Gasteiger partial charge on any atom is 0.341 e. The lowest BCUT2D eigenvalue weighted by Gasteiger charge is -2.30. The Labute approximate surface area is 173 Å².